The molecule has 2 aliphatic rings. The Balaban J connectivity index is 0.000000245. The fourth-order valence-corrected chi connectivity index (χ4v) is 1.49. The van der Waals surface area contributed by atoms with Gasteiger partial charge >= 0.3 is 19.5 Å². The molecule has 0 amide bonds. The zero-order chi connectivity index (χ0) is 10.6. The smallest absolute Gasteiger partial charge is 0.250 e. The summed E-state index contributed by atoms with van der Waals surface area (Å²) in [5, 5.41) is 0. The third-order valence-corrected chi connectivity index (χ3v) is 2.25. The summed E-state index contributed by atoms with van der Waals surface area (Å²) in [7, 11) is 0. The van der Waals surface area contributed by atoms with Crippen LogP contribution in [0.15, 0.2) is 34.4 Å². The van der Waals surface area contributed by atoms with Crippen molar-refractivity contribution >= 4 is 0 Å². The maximum absolute atomic E-state index is 3.19. The molecule has 0 nitrogen and oxygen atoms in total. The van der Waals surface area contributed by atoms with E-state index < -0.39 is 0 Å². The summed E-state index contributed by atoms with van der Waals surface area (Å²) in [6.07, 6.45) is 13.0. The van der Waals surface area contributed by atoms with Gasteiger partial charge in [-0.05, 0) is 0 Å². The largest absolute Gasteiger partial charge is 2.00 e. The van der Waals surface area contributed by atoms with Crippen molar-refractivity contribution in [2.45, 2.75) is 40.5 Å². The quantitative estimate of drug-likeness (QED) is 0.463. The Morgan fingerprint density at radius 2 is 1.13 bits per heavy atom. The molecule has 0 radical (unpaired) electrons. The van der Waals surface area contributed by atoms with E-state index in [0.717, 1.165) is 12.8 Å². The van der Waals surface area contributed by atoms with Crippen LogP contribution in [0, 0.1) is 12.2 Å². The fraction of sp³-hybridized carbons (Fsp3) is 0.429. The van der Waals surface area contributed by atoms with E-state index in [-0.39, 0.29) is 19.5 Å². The molecule has 0 saturated heterocycles. The first-order valence-corrected chi connectivity index (χ1v) is 5.10. The molecule has 0 aromatic heterocycles. The minimum atomic E-state index is 0. The van der Waals surface area contributed by atoms with Gasteiger partial charge in [0.1, 0.15) is 0 Å². The summed E-state index contributed by atoms with van der Waals surface area (Å²) >= 11 is 0. The van der Waals surface area contributed by atoms with Gasteiger partial charge in [-0.15, -0.1) is 0 Å². The number of hydrogen-bond acceptors (Lipinski definition) is 0. The molecule has 0 aliphatic heterocycles. The molecule has 1 heteroatoms. The van der Waals surface area contributed by atoms with Crippen molar-refractivity contribution in [3.05, 3.63) is 46.6 Å². The van der Waals surface area contributed by atoms with Crippen molar-refractivity contribution in [1.82, 2.24) is 0 Å². The van der Waals surface area contributed by atoms with E-state index in [1.807, 2.05) is 0 Å². The molecular weight excluding hydrogens is 269 g/mol. The van der Waals surface area contributed by atoms with Crippen LogP contribution in [0.4, 0.5) is 0 Å². The van der Waals surface area contributed by atoms with E-state index >= 15 is 0 Å². The second kappa shape index (κ2) is 6.96. The van der Waals surface area contributed by atoms with Crippen molar-refractivity contribution in [3.8, 4) is 0 Å². The van der Waals surface area contributed by atoms with E-state index in [9.17, 15) is 0 Å². The molecule has 2 rings (SSSR count). The Kier molecular flexibility index (Phi) is 6.76. The average Bonchev–Trinajstić information content (AvgIpc) is 2.63. The first-order valence-electron chi connectivity index (χ1n) is 5.10. The number of allylic oxidation sites excluding steroid dienone is 8. The Morgan fingerprint density at radius 1 is 0.800 bits per heavy atom. The standard InChI is InChI=1S/2C7H9.Ru/c2*1-6-3-4-7(2)5-6;/h2*3H,4H2,1-2H3;/q2*-1;+2. The summed E-state index contributed by atoms with van der Waals surface area (Å²) in [5.74, 6) is 0. The predicted molar refractivity (Wildman–Crippen MR) is 61.6 cm³/mol. The van der Waals surface area contributed by atoms with Gasteiger partial charge in [0.15, 0.2) is 0 Å². The van der Waals surface area contributed by atoms with Crippen molar-refractivity contribution in [2.24, 2.45) is 0 Å². The van der Waals surface area contributed by atoms with Gasteiger partial charge in [0.2, 0.25) is 0 Å². The van der Waals surface area contributed by atoms with Crippen LogP contribution in [0.25, 0.3) is 0 Å². The number of hydrogen-bond donors (Lipinski definition) is 0. The molecule has 0 aromatic rings. The molecule has 0 spiro atoms. The summed E-state index contributed by atoms with van der Waals surface area (Å²) in [5.41, 5.74) is 5.30. The van der Waals surface area contributed by atoms with Gasteiger partial charge in [-0.25, -0.2) is 23.3 Å². The number of rotatable bonds is 0. The Labute approximate surface area is 107 Å². The van der Waals surface area contributed by atoms with Crippen LogP contribution in [-0.4, -0.2) is 0 Å². The average molecular weight is 287 g/mol. The van der Waals surface area contributed by atoms with Crippen LogP contribution in [0.1, 0.15) is 40.5 Å². The van der Waals surface area contributed by atoms with Gasteiger partial charge < -0.3 is 0 Å². The summed E-state index contributed by atoms with van der Waals surface area (Å²) in [6, 6.07) is 0. The van der Waals surface area contributed by atoms with Crippen molar-refractivity contribution < 1.29 is 19.5 Å². The zero-order valence-corrected chi connectivity index (χ0v) is 11.7. The first-order chi connectivity index (χ1) is 6.58. The second-order valence-corrected chi connectivity index (χ2v) is 3.99. The Hall–Kier alpha value is -0.417. The summed E-state index contributed by atoms with van der Waals surface area (Å²) < 4.78 is 0. The first kappa shape index (κ1) is 14.6. The van der Waals surface area contributed by atoms with Gasteiger partial charge in [-0.2, -0.15) is 11.1 Å². The molecule has 0 atom stereocenters. The fourth-order valence-electron chi connectivity index (χ4n) is 1.49. The molecule has 0 heterocycles. The normalized spacial score (nSPS) is 17.9. The predicted octanol–water partition coefficient (Wildman–Crippen LogP) is 4.17. The van der Waals surface area contributed by atoms with Crippen LogP contribution >= 0.6 is 0 Å². The third kappa shape index (κ3) is 5.89. The topological polar surface area (TPSA) is 0 Å². The van der Waals surface area contributed by atoms with Crippen molar-refractivity contribution in [1.29, 1.82) is 0 Å². The summed E-state index contributed by atoms with van der Waals surface area (Å²) in [4.78, 5) is 0. The monoisotopic (exact) mass is 288 g/mol. The molecular formula is C14H18Ru. The minimum absolute atomic E-state index is 0. The van der Waals surface area contributed by atoms with E-state index in [0.29, 0.717) is 0 Å². The Morgan fingerprint density at radius 3 is 1.20 bits per heavy atom. The molecule has 0 unspecified atom stereocenters. The second-order valence-electron chi connectivity index (χ2n) is 3.99. The molecule has 82 valence electrons. The van der Waals surface area contributed by atoms with Crippen molar-refractivity contribution in [2.75, 3.05) is 0 Å². The summed E-state index contributed by atoms with van der Waals surface area (Å²) in [6.45, 7) is 8.37. The van der Waals surface area contributed by atoms with Crippen LogP contribution in [0.2, 0.25) is 0 Å². The maximum atomic E-state index is 3.19. The van der Waals surface area contributed by atoms with Crippen LogP contribution in [-0.2, 0) is 19.5 Å². The van der Waals surface area contributed by atoms with E-state index in [4.69, 9.17) is 0 Å². The minimum Gasteiger partial charge on any atom is -0.250 e. The molecule has 0 bridgehead atoms. The van der Waals surface area contributed by atoms with E-state index in [1.165, 1.54) is 22.3 Å². The SMILES string of the molecule is CC1=[C-]C(C)=CC1.CC1=[C-]C(C)=CC1.[Ru+2]. The molecule has 0 N–H and O–H groups in total. The Bertz CT molecular complexity index is 293. The van der Waals surface area contributed by atoms with E-state index in [2.05, 4.69) is 52.0 Å². The van der Waals surface area contributed by atoms with Gasteiger partial charge in [-0.1, -0.05) is 40.5 Å². The van der Waals surface area contributed by atoms with Crippen molar-refractivity contribution in [3.63, 3.8) is 0 Å². The molecule has 15 heavy (non-hydrogen) atoms. The van der Waals surface area contributed by atoms with Crippen LogP contribution in [0.3, 0.4) is 0 Å². The molecule has 2 aliphatic carbocycles. The molecule has 0 fully saturated rings. The maximum Gasteiger partial charge on any atom is 2.00 e. The molecule has 0 aromatic carbocycles. The van der Waals surface area contributed by atoms with Gasteiger partial charge in [0.05, 0.1) is 0 Å². The van der Waals surface area contributed by atoms with Gasteiger partial charge in [0, 0.05) is 0 Å². The van der Waals surface area contributed by atoms with Crippen LogP contribution < -0.4 is 0 Å². The van der Waals surface area contributed by atoms with E-state index in [1.54, 1.807) is 0 Å². The van der Waals surface area contributed by atoms with Crippen LogP contribution in [0.5, 0.6) is 0 Å². The van der Waals surface area contributed by atoms with Gasteiger partial charge in [0.25, 0.3) is 0 Å². The van der Waals surface area contributed by atoms with Gasteiger partial charge in [-0.3, -0.25) is 12.2 Å². The molecule has 0 saturated carbocycles. The zero-order valence-electron chi connectivity index (χ0n) is 9.92. The third-order valence-electron chi connectivity index (χ3n) is 2.25.